The number of anilines is 1. The number of primary amides is 1. The summed E-state index contributed by atoms with van der Waals surface area (Å²) < 4.78 is 13.0. The van der Waals surface area contributed by atoms with E-state index in [0.29, 0.717) is 18.8 Å². The van der Waals surface area contributed by atoms with Crippen molar-refractivity contribution in [2.24, 2.45) is 5.73 Å². The predicted molar refractivity (Wildman–Crippen MR) is 66.3 cm³/mol. The highest BCUT2D eigenvalue weighted by atomic mass is 19.1. The van der Waals surface area contributed by atoms with E-state index in [-0.39, 0.29) is 5.82 Å². The van der Waals surface area contributed by atoms with Gasteiger partial charge in [0.25, 0.3) is 0 Å². The van der Waals surface area contributed by atoms with E-state index in [1.54, 1.807) is 24.1 Å². The second-order valence-electron chi connectivity index (χ2n) is 3.87. The highest BCUT2D eigenvalue weighted by molar-refractivity contribution is 5.80. The number of carbonyl (C=O) groups is 1. The van der Waals surface area contributed by atoms with Crippen molar-refractivity contribution in [3.8, 4) is 0 Å². The quantitative estimate of drug-likeness (QED) is 0.769. The number of nitrogens with zero attached hydrogens (tertiary/aromatic N) is 1. The molecule has 3 N–H and O–H groups in total. The number of carbonyl (C=O) groups excluding carboxylic acids is 1. The van der Waals surface area contributed by atoms with Gasteiger partial charge in [0.15, 0.2) is 0 Å². The van der Waals surface area contributed by atoms with Crippen LogP contribution in [0.4, 0.5) is 10.1 Å². The topological polar surface area (TPSA) is 58.4 Å². The predicted octanol–water partition coefficient (Wildman–Crippen LogP) is 0.725. The van der Waals surface area contributed by atoms with Crippen molar-refractivity contribution in [1.82, 2.24) is 5.32 Å². The van der Waals surface area contributed by atoms with E-state index < -0.39 is 11.9 Å². The van der Waals surface area contributed by atoms with E-state index >= 15 is 0 Å². The van der Waals surface area contributed by atoms with E-state index in [1.807, 2.05) is 6.92 Å². The molecule has 0 heterocycles. The third-order valence-corrected chi connectivity index (χ3v) is 2.50. The minimum absolute atomic E-state index is 0.298. The fourth-order valence-electron chi connectivity index (χ4n) is 1.59. The summed E-state index contributed by atoms with van der Waals surface area (Å²) in [6.07, 6.45) is 0. The molecule has 0 saturated carbocycles. The summed E-state index contributed by atoms with van der Waals surface area (Å²) >= 11 is 0. The zero-order valence-corrected chi connectivity index (χ0v) is 10.1. The summed E-state index contributed by atoms with van der Waals surface area (Å²) in [5, 5.41) is 2.99. The molecule has 94 valence electrons. The number of amides is 1. The van der Waals surface area contributed by atoms with Gasteiger partial charge < -0.3 is 16.0 Å². The third kappa shape index (κ3) is 4.03. The highest BCUT2D eigenvalue weighted by Gasteiger charge is 2.16. The van der Waals surface area contributed by atoms with Gasteiger partial charge in [-0.15, -0.1) is 0 Å². The Bertz CT molecular complexity index is 384. The number of hydrogen-bond acceptors (Lipinski definition) is 3. The molecule has 1 aromatic carbocycles. The van der Waals surface area contributed by atoms with Crippen LogP contribution in [-0.2, 0) is 4.79 Å². The number of benzene rings is 1. The van der Waals surface area contributed by atoms with Gasteiger partial charge in [-0.25, -0.2) is 4.39 Å². The van der Waals surface area contributed by atoms with Crippen LogP contribution in [0.5, 0.6) is 0 Å². The Kier molecular flexibility index (Phi) is 4.90. The molecular weight excluding hydrogens is 221 g/mol. The second-order valence-corrected chi connectivity index (χ2v) is 3.87. The molecule has 1 aromatic rings. The number of nitrogens with two attached hydrogens (primary N) is 1. The average molecular weight is 239 g/mol. The zero-order chi connectivity index (χ0) is 12.8. The molecule has 0 radical (unpaired) electrons. The first-order chi connectivity index (χ1) is 8.04. The van der Waals surface area contributed by atoms with Crippen LogP contribution >= 0.6 is 0 Å². The summed E-state index contributed by atoms with van der Waals surface area (Å²) in [4.78, 5) is 13.0. The number of nitrogens with one attached hydrogen (secondary N) is 1. The van der Waals surface area contributed by atoms with Gasteiger partial charge >= 0.3 is 0 Å². The molecule has 1 unspecified atom stereocenters. The largest absolute Gasteiger partial charge is 0.372 e. The van der Waals surface area contributed by atoms with E-state index in [4.69, 9.17) is 5.73 Å². The van der Waals surface area contributed by atoms with Crippen LogP contribution in [0, 0.1) is 5.82 Å². The molecule has 0 aliphatic rings. The molecular formula is C12H18FN3O. The maximum atomic E-state index is 13.0. The van der Waals surface area contributed by atoms with Gasteiger partial charge in [0.2, 0.25) is 5.91 Å². The number of halogens is 1. The van der Waals surface area contributed by atoms with Crippen molar-refractivity contribution in [3.63, 3.8) is 0 Å². The number of likely N-dealkylation sites (N-methyl/N-ethyl adjacent to an activating group) is 2. The second kappa shape index (κ2) is 6.20. The molecule has 0 bridgehead atoms. The first-order valence-corrected chi connectivity index (χ1v) is 5.54. The van der Waals surface area contributed by atoms with E-state index in [9.17, 15) is 9.18 Å². The van der Waals surface area contributed by atoms with Gasteiger partial charge in [-0.3, -0.25) is 4.79 Å². The SMILES string of the molecule is CCNC(CN(C)c1cccc(F)c1)C(N)=O. The van der Waals surface area contributed by atoms with E-state index in [1.165, 1.54) is 12.1 Å². The van der Waals surface area contributed by atoms with Crippen LogP contribution in [0.1, 0.15) is 6.92 Å². The minimum Gasteiger partial charge on any atom is -0.372 e. The zero-order valence-electron chi connectivity index (χ0n) is 10.1. The Morgan fingerprint density at radius 2 is 2.29 bits per heavy atom. The Morgan fingerprint density at radius 3 is 2.82 bits per heavy atom. The average Bonchev–Trinajstić information content (AvgIpc) is 2.28. The summed E-state index contributed by atoms with van der Waals surface area (Å²) in [7, 11) is 1.79. The normalized spacial score (nSPS) is 12.2. The molecule has 0 aliphatic carbocycles. The standard InChI is InChI=1S/C12H18FN3O/c1-3-15-11(12(14)17)8-16(2)10-6-4-5-9(13)7-10/h4-7,11,15H,3,8H2,1-2H3,(H2,14,17). The maximum Gasteiger partial charge on any atom is 0.236 e. The molecule has 0 aromatic heterocycles. The first-order valence-electron chi connectivity index (χ1n) is 5.54. The lowest BCUT2D eigenvalue weighted by atomic mass is 10.2. The lowest BCUT2D eigenvalue weighted by molar-refractivity contribution is -0.119. The van der Waals surface area contributed by atoms with Crippen molar-refractivity contribution in [1.29, 1.82) is 0 Å². The summed E-state index contributed by atoms with van der Waals surface area (Å²) in [6.45, 7) is 2.97. The van der Waals surface area contributed by atoms with Crippen molar-refractivity contribution in [2.45, 2.75) is 13.0 Å². The fraction of sp³-hybridized carbons (Fsp3) is 0.417. The van der Waals surface area contributed by atoms with Gasteiger partial charge in [0.1, 0.15) is 11.9 Å². The lowest BCUT2D eigenvalue weighted by Gasteiger charge is -2.24. The smallest absolute Gasteiger partial charge is 0.236 e. The number of rotatable bonds is 6. The Morgan fingerprint density at radius 1 is 1.59 bits per heavy atom. The molecule has 5 heteroatoms. The molecule has 0 aliphatic heterocycles. The van der Waals surface area contributed by atoms with Gasteiger partial charge in [-0.05, 0) is 24.7 Å². The Labute approximate surface area is 101 Å². The van der Waals surface area contributed by atoms with Crippen molar-refractivity contribution in [3.05, 3.63) is 30.1 Å². The molecule has 1 rings (SSSR count). The minimum atomic E-state index is -0.437. The van der Waals surface area contributed by atoms with Crippen LogP contribution in [0.3, 0.4) is 0 Å². The molecule has 4 nitrogen and oxygen atoms in total. The third-order valence-electron chi connectivity index (χ3n) is 2.50. The van der Waals surface area contributed by atoms with Crippen LogP contribution in [0.15, 0.2) is 24.3 Å². The Hall–Kier alpha value is -1.62. The molecule has 0 fully saturated rings. The van der Waals surface area contributed by atoms with Gasteiger partial charge in [-0.1, -0.05) is 13.0 Å². The van der Waals surface area contributed by atoms with Crippen LogP contribution < -0.4 is 16.0 Å². The summed E-state index contributed by atoms with van der Waals surface area (Å²) in [6, 6.07) is 5.78. The van der Waals surface area contributed by atoms with Gasteiger partial charge in [0, 0.05) is 19.3 Å². The molecule has 0 spiro atoms. The molecule has 0 saturated heterocycles. The summed E-state index contributed by atoms with van der Waals surface area (Å²) in [5.74, 6) is -0.705. The molecule has 1 atom stereocenters. The summed E-state index contributed by atoms with van der Waals surface area (Å²) in [5.41, 5.74) is 5.99. The highest BCUT2D eigenvalue weighted by Crippen LogP contribution is 2.13. The fourth-order valence-corrected chi connectivity index (χ4v) is 1.59. The van der Waals surface area contributed by atoms with E-state index in [0.717, 1.165) is 0 Å². The first kappa shape index (κ1) is 13.4. The van der Waals surface area contributed by atoms with Crippen LogP contribution in [0.2, 0.25) is 0 Å². The van der Waals surface area contributed by atoms with Gasteiger partial charge in [0.05, 0.1) is 0 Å². The maximum absolute atomic E-state index is 13.0. The Balaban J connectivity index is 2.69. The van der Waals surface area contributed by atoms with Crippen molar-refractivity contribution in [2.75, 3.05) is 25.0 Å². The number of hydrogen-bond donors (Lipinski definition) is 2. The van der Waals surface area contributed by atoms with E-state index in [2.05, 4.69) is 5.32 Å². The van der Waals surface area contributed by atoms with Crippen LogP contribution in [0.25, 0.3) is 0 Å². The van der Waals surface area contributed by atoms with Crippen LogP contribution in [-0.4, -0.2) is 32.1 Å². The van der Waals surface area contributed by atoms with Crippen molar-refractivity contribution >= 4 is 11.6 Å². The molecule has 1 amide bonds. The van der Waals surface area contributed by atoms with Crippen molar-refractivity contribution < 1.29 is 9.18 Å². The molecule has 17 heavy (non-hydrogen) atoms. The van der Waals surface area contributed by atoms with Gasteiger partial charge in [-0.2, -0.15) is 0 Å². The lowest BCUT2D eigenvalue weighted by Crippen LogP contribution is -2.48. The monoisotopic (exact) mass is 239 g/mol.